The maximum atomic E-state index is 5.93. The number of nitrogens with zero attached hydrogens (tertiary/aromatic N) is 2. The van der Waals surface area contributed by atoms with Crippen LogP contribution < -0.4 is 5.73 Å². The van der Waals surface area contributed by atoms with Crippen molar-refractivity contribution >= 4 is 15.9 Å². The summed E-state index contributed by atoms with van der Waals surface area (Å²) in [5, 5.41) is 4.31. The van der Waals surface area contributed by atoms with Gasteiger partial charge in [0.15, 0.2) is 0 Å². The van der Waals surface area contributed by atoms with E-state index in [2.05, 4.69) is 27.6 Å². The fourth-order valence-electron chi connectivity index (χ4n) is 1.45. The molecule has 0 radical (unpaired) electrons. The lowest BCUT2D eigenvalue weighted by atomic mass is 10.1. The van der Waals surface area contributed by atoms with Gasteiger partial charge in [0.25, 0.3) is 0 Å². The Kier molecular flexibility index (Phi) is 3.89. The third-order valence-electron chi connectivity index (χ3n) is 2.19. The van der Waals surface area contributed by atoms with E-state index in [4.69, 9.17) is 5.73 Å². The van der Waals surface area contributed by atoms with Gasteiger partial charge in [0, 0.05) is 19.5 Å². The van der Waals surface area contributed by atoms with E-state index in [0.717, 1.165) is 28.7 Å². The second-order valence-corrected chi connectivity index (χ2v) is 4.25. The summed E-state index contributed by atoms with van der Waals surface area (Å²) in [4.78, 5) is 0. The number of rotatable bonds is 4. The van der Waals surface area contributed by atoms with Crippen LogP contribution in [0, 0.1) is 6.92 Å². The molecule has 0 aliphatic carbocycles. The fraction of sp³-hybridized carbons (Fsp3) is 0.500. The molecule has 1 unspecified atom stereocenters. The SMILES string of the molecule is C=CCC(N)Cc1c(Br)c(C)nn1C. The smallest absolute Gasteiger partial charge is 0.0738 e. The molecule has 14 heavy (non-hydrogen) atoms. The van der Waals surface area contributed by atoms with Crippen molar-refractivity contribution in [2.45, 2.75) is 25.8 Å². The van der Waals surface area contributed by atoms with Crippen LogP contribution in [-0.2, 0) is 13.5 Å². The largest absolute Gasteiger partial charge is 0.327 e. The molecule has 1 aromatic heterocycles. The van der Waals surface area contributed by atoms with Gasteiger partial charge in [-0.3, -0.25) is 4.68 Å². The molecular weight excluding hydrogens is 242 g/mol. The van der Waals surface area contributed by atoms with Gasteiger partial charge in [0.2, 0.25) is 0 Å². The predicted octanol–water partition coefficient (Wildman–Crippen LogP) is 1.94. The number of halogens is 1. The Bertz CT molecular complexity index is 330. The summed E-state index contributed by atoms with van der Waals surface area (Å²) in [5.74, 6) is 0. The zero-order valence-electron chi connectivity index (χ0n) is 8.63. The van der Waals surface area contributed by atoms with Gasteiger partial charge < -0.3 is 5.73 Å². The molecule has 1 atom stereocenters. The van der Waals surface area contributed by atoms with Gasteiger partial charge in [-0.15, -0.1) is 6.58 Å². The van der Waals surface area contributed by atoms with Crippen molar-refractivity contribution in [2.75, 3.05) is 0 Å². The first kappa shape index (κ1) is 11.5. The van der Waals surface area contributed by atoms with Crippen LogP contribution in [0.3, 0.4) is 0 Å². The summed E-state index contributed by atoms with van der Waals surface area (Å²) < 4.78 is 2.95. The van der Waals surface area contributed by atoms with Crippen molar-refractivity contribution in [1.29, 1.82) is 0 Å². The Morgan fingerprint density at radius 3 is 2.79 bits per heavy atom. The average Bonchev–Trinajstić information content (AvgIpc) is 2.33. The van der Waals surface area contributed by atoms with Crippen molar-refractivity contribution in [3.63, 3.8) is 0 Å². The lowest BCUT2D eigenvalue weighted by Crippen LogP contribution is -2.23. The highest BCUT2D eigenvalue weighted by molar-refractivity contribution is 9.10. The number of aryl methyl sites for hydroxylation is 2. The molecule has 1 rings (SSSR count). The van der Waals surface area contributed by atoms with Gasteiger partial charge in [0.1, 0.15) is 0 Å². The molecule has 0 bridgehead atoms. The minimum atomic E-state index is 0.124. The van der Waals surface area contributed by atoms with E-state index in [1.807, 2.05) is 24.7 Å². The van der Waals surface area contributed by atoms with Crippen molar-refractivity contribution in [3.05, 3.63) is 28.5 Å². The Morgan fingerprint density at radius 2 is 2.36 bits per heavy atom. The molecule has 4 heteroatoms. The van der Waals surface area contributed by atoms with E-state index in [9.17, 15) is 0 Å². The van der Waals surface area contributed by atoms with Gasteiger partial charge in [-0.2, -0.15) is 5.10 Å². The van der Waals surface area contributed by atoms with E-state index in [1.54, 1.807) is 0 Å². The third-order valence-corrected chi connectivity index (χ3v) is 3.22. The Balaban J connectivity index is 2.80. The quantitative estimate of drug-likeness (QED) is 0.839. The molecule has 2 N–H and O–H groups in total. The first-order valence-corrected chi connectivity index (χ1v) is 5.40. The van der Waals surface area contributed by atoms with Crippen molar-refractivity contribution in [3.8, 4) is 0 Å². The van der Waals surface area contributed by atoms with Crippen LogP contribution >= 0.6 is 15.9 Å². The van der Waals surface area contributed by atoms with E-state index >= 15 is 0 Å². The fourth-order valence-corrected chi connectivity index (χ4v) is 1.95. The molecule has 0 saturated heterocycles. The third kappa shape index (κ3) is 2.45. The second-order valence-electron chi connectivity index (χ2n) is 3.46. The van der Waals surface area contributed by atoms with E-state index in [-0.39, 0.29) is 6.04 Å². The minimum absolute atomic E-state index is 0.124. The van der Waals surface area contributed by atoms with Crippen LogP contribution in [0.1, 0.15) is 17.8 Å². The molecule has 1 aromatic rings. The molecule has 78 valence electrons. The molecule has 0 aliphatic heterocycles. The molecular formula is C10H16BrN3. The molecule has 0 saturated carbocycles. The van der Waals surface area contributed by atoms with Crippen molar-refractivity contribution < 1.29 is 0 Å². The van der Waals surface area contributed by atoms with Crippen LogP contribution in [0.2, 0.25) is 0 Å². The number of aromatic nitrogens is 2. The summed E-state index contributed by atoms with van der Waals surface area (Å²) in [6, 6.07) is 0.124. The first-order valence-electron chi connectivity index (χ1n) is 4.60. The highest BCUT2D eigenvalue weighted by Crippen LogP contribution is 2.21. The first-order chi connectivity index (χ1) is 6.56. The summed E-state index contributed by atoms with van der Waals surface area (Å²) in [6.45, 7) is 5.66. The summed E-state index contributed by atoms with van der Waals surface area (Å²) in [6.07, 6.45) is 3.50. The number of hydrogen-bond donors (Lipinski definition) is 1. The molecule has 0 fully saturated rings. The van der Waals surface area contributed by atoms with Crippen LogP contribution in [0.4, 0.5) is 0 Å². The topological polar surface area (TPSA) is 43.8 Å². The molecule has 0 aliphatic rings. The van der Waals surface area contributed by atoms with Crippen LogP contribution in [0.15, 0.2) is 17.1 Å². The standard InChI is InChI=1S/C10H16BrN3/c1-4-5-8(12)6-9-10(11)7(2)13-14(9)3/h4,8H,1,5-6,12H2,2-3H3. The molecule has 0 spiro atoms. The van der Waals surface area contributed by atoms with E-state index in [1.165, 1.54) is 0 Å². The van der Waals surface area contributed by atoms with Gasteiger partial charge in [0.05, 0.1) is 15.9 Å². The highest BCUT2D eigenvalue weighted by atomic mass is 79.9. The zero-order valence-corrected chi connectivity index (χ0v) is 10.2. The molecule has 0 amide bonds. The van der Waals surface area contributed by atoms with E-state index < -0.39 is 0 Å². The summed E-state index contributed by atoms with van der Waals surface area (Å²) >= 11 is 3.52. The predicted molar refractivity (Wildman–Crippen MR) is 62.1 cm³/mol. The van der Waals surface area contributed by atoms with Crippen molar-refractivity contribution in [1.82, 2.24) is 9.78 Å². The summed E-state index contributed by atoms with van der Waals surface area (Å²) in [7, 11) is 1.94. The lowest BCUT2D eigenvalue weighted by Gasteiger charge is -2.09. The van der Waals surface area contributed by atoms with Gasteiger partial charge >= 0.3 is 0 Å². The Morgan fingerprint density at radius 1 is 1.71 bits per heavy atom. The van der Waals surface area contributed by atoms with Crippen molar-refractivity contribution in [2.24, 2.45) is 12.8 Å². The Labute approximate surface area is 93.1 Å². The maximum Gasteiger partial charge on any atom is 0.0738 e. The summed E-state index contributed by atoms with van der Waals surface area (Å²) in [5.41, 5.74) is 8.09. The normalized spacial score (nSPS) is 12.9. The second kappa shape index (κ2) is 4.75. The zero-order chi connectivity index (χ0) is 10.7. The maximum absolute atomic E-state index is 5.93. The molecule has 3 nitrogen and oxygen atoms in total. The molecule has 1 heterocycles. The number of nitrogens with two attached hydrogens (primary N) is 1. The average molecular weight is 258 g/mol. The van der Waals surface area contributed by atoms with E-state index in [0.29, 0.717) is 0 Å². The highest BCUT2D eigenvalue weighted by Gasteiger charge is 2.13. The molecule has 0 aromatic carbocycles. The Hall–Kier alpha value is -0.610. The van der Waals surface area contributed by atoms with Crippen LogP contribution in [0.5, 0.6) is 0 Å². The minimum Gasteiger partial charge on any atom is -0.327 e. The number of hydrogen-bond acceptors (Lipinski definition) is 2. The van der Waals surface area contributed by atoms with Gasteiger partial charge in [-0.25, -0.2) is 0 Å². The monoisotopic (exact) mass is 257 g/mol. The lowest BCUT2D eigenvalue weighted by molar-refractivity contribution is 0.619. The van der Waals surface area contributed by atoms with Gasteiger partial charge in [-0.05, 0) is 29.3 Å². The van der Waals surface area contributed by atoms with Gasteiger partial charge in [-0.1, -0.05) is 6.08 Å². The van der Waals surface area contributed by atoms with Crippen LogP contribution in [-0.4, -0.2) is 15.8 Å². The van der Waals surface area contributed by atoms with Crippen LogP contribution in [0.25, 0.3) is 0 Å².